The molecule has 13 heteroatoms. The average Bonchev–Trinajstić information content (AvgIpc) is 3.27. The highest BCUT2D eigenvalue weighted by molar-refractivity contribution is 8.76. The quantitative estimate of drug-likeness (QED) is 0.173. The summed E-state index contributed by atoms with van der Waals surface area (Å²) in [6, 6.07) is -0.257. The fourth-order valence-electron chi connectivity index (χ4n) is 3.15. The molecule has 3 heterocycles. The molecule has 0 bridgehead atoms. The number of nitrogens with two attached hydrogens (primary N) is 2. The van der Waals surface area contributed by atoms with Crippen molar-refractivity contribution in [2.75, 3.05) is 37.7 Å². The highest BCUT2D eigenvalue weighted by atomic mass is 33.1. The van der Waals surface area contributed by atoms with E-state index in [1.54, 1.807) is 21.6 Å². The summed E-state index contributed by atoms with van der Waals surface area (Å²) in [5, 5.41) is 0.642. The Kier molecular flexibility index (Phi) is 8.11. The third kappa shape index (κ3) is 5.20. The van der Waals surface area contributed by atoms with Crippen molar-refractivity contribution in [2.45, 2.75) is 18.2 Å². The van der Waals surface area contributed by atoms with E-state index in [2.05, 4.69) is 21.8 Å². The molecule has 5 N–H and O–H groups in total. The van der Waals surface area contributed by atoms with E-state index in [-0.39, 0.29) is 19.2 Å². The van der Waals surface area contributed by atoms with Crippen LogP contribution in [0.4, 0.5) is 5.82 Å². The van der Waals surface area contributed by atoms with Gasteiger partial charge in [-0.25, -0.2) is 9.97 Å². The Bertz CT molecular complexity index is 934. The summed E-state index contributed by atoms with van der Waals surface area (Å²) in [7, 11) is 0.394. The first-order valence-electron chi connectivity index (χ1n) is 8.54. The maximum absolute atomic E-state index is 11.0. The maximum atomic E-state index is 11.0. The molecule has 3 rings (SSSR count). The lowest BCUT2D eigenvalue weighted by Crippen LogP contribution is -2.34. The zero-order valence-corrected chi connectivity index (χ0v) is 18.1. The van der Waals surface area contributed by atoms with Gasteiger partial charge in [-0.1, -0.05) is 33.4 Å². The molecule has 1 fully saturated rings. The van der Waals surface area contributed by atoms with E-state index in [9.17, 15) is 4.57 Å². The number of nitrogen functional groups attached to an aromatic ring is 1. The number of hydrogen-bond donors (Lipinski definition) is 3. The lowest BCUT2D eigenvalue weighted by molar-refractivity contribution is -0.0181. The second kappa shape index (κ2) is 10.6. The van der Waals surface area contributed by atoms with Crippen molar-refractivity contribution >= 4 is 46.7 Å². The Labute approximate surface area is 176 Å². The van der Waals surface area contributed by atoms with Crippen LogP contribution in [0.5, 0.6) is 0 Å². The van der Waals surface area contributed by atoms with E-state index in [1.807, 2.05) is 17.0 Å². The first-order chi connectivity index (χ1) is 14.1. The van der Waals surface area contributed by atoms with Crippen molar-refractivity contribution < 1.29 is 23.5 Å². The Morgan fingerprint density at radius 2 is 2.34 bits per heavy atom. The zero-order valence-electron chi connectivity index (χ0n) is 15.6. The molecule has 0 amide bonds. The highest BCUT2D eigenvalue weighted by Crippen LogP contribution is 2.35. The van der Waals surface area contributed by atoms with Gasteiger partial charge in [0, 0.05) is 10.8 Å². The van der Waals surface area contributed by atoms with Gasteiger partial charge in [0.15, 0.2) is 0 Å². The Morgan fingerprint density at radius 3 is 3.07 bits per heavy atom. The highest BCUT2D eigenvalue weighted by Gasteiger charge is 2.42. The molecular formula is C16H21N5O5PS2+. The van der Waals surface area contributed by atoms with E-state index >= 15 is 0 Å². The Hall–Kier alpha value is -1.42. The largest absolute Gasteiger partial charge is 0.694 e. The molecule has 0 aliphatic carbocycles. The SMILES string of the molecule is CSSCOC1C(CO[P+](=O)O)OCC1n1cc(C#CCN)c2c(N)ncnc21. The number of fused-ring (bicyclic) bond motifs is 1. The molecule has 156 valence electrons. The van der Waals surface area contributed by atoms with Crippen molar-refractivity contribution in [1.29, 1.82) is 0 Å². The lowest BCUT2D eigenvalue weighted by atomic mass is 10.1. The summed E-state index contributed by atoms with van der Waals surface area (Å²) >= 11 is 0. The molecular weight excluding hydrogens is 437 g/mol. The van der Waals surface area contributed by atoms with Gasteiger partial charge in [-0.05, 0) is 6.26 Å². The first-order valence-corrected chi connectivity index (χ1v) is 12.4. The molecule has 0 aromatic carbocycles. The number of rotatable bonds is 8. The molecule has 29 heavy (non-hydrogen) atoms. The monoisotopic (exact) mass is 458 g/mol. The lowest BCUT2D eigenvalue weighted by Gasteiger charge is -2.23. The molecule has 0 saturated carbocycles. The summed E-state index contributed by atoms with van der Waals surface area (Å²) in [6.45, 7) is 0.457. The molecule has 1 aliphatic rings. The van der Waals surface area contributed by atoms with Crippen LogP contribution in [0.2, 0.25) is 0 Å². The molecule has 0 radical (unpaired) electrons. The molecule has 2 aromatic rings. The third-order valence-corrected chi connectivity index (χ3v) is 6.16. The van der Waals surface area contributed by atoms with Crippen molar-refractivity contribution in [3.05, 3.63) is 18.1 Å². The van der Waals surface area contributed by atoms with Gasteiger partial charge < -0.3 is 25.5 Å². The van der Waals surface area contributed by atoms with E-state index < -0.39 is 20.5 Å². The molecule has 0 spiro atoms. The second-order valence-electron chi connectivity index (χ2n) is 5.92. The number of hydrogen-bond acceptors (Lipinski definition) is 10. The second-order valence-corrected chi connectivity index (χ2v) is 9.17. The van der Waals surface area contributed by atoms with Crippen LogP contribution < -0.4 is 11.5 Å². The van der Waals surface area contributed by atoms with Crippen molar-refractivity contribution in [3.63, 3.8) is 0 Å². The van der Waals surface area contributed by atoms with Gasteiger partial charge in [0.2, 0.25) is 0 Å². The smallest absolute Gasteiger partial charge is 0.383 e. The van der Waals surface area contributed by atoms with Crippen LogP contribution in [-0.4, -0.2) is 63.6 Å². The predicted octanol–water partition coefficient (Wildman–Crippen LogP) is 1.28. The zero-order chi connectivity index (χ0) is 20.8. The van der Waals surface area contributed by atoms with E-state index in [0.29, 0.717) is 35.0 Å². The van der Waals surface area contributed by atoms with Crippen LogP contribution in [0.15, 0.2) is 12.5 Å². The number of nitrogens with zero attached hydrogens (tertiary/aromatic N) is 3. The molecule has 2 aromatic heterocycles. The maximum Gasteiger partial charge on any atom is 0.694 e. The van der Waals surface area contributed by atoms with Crippen LogP contribution in [-0.2, 0) is 18.6 Å². The van der Waals surface area contributed by atoms with Gasteiger partial charge in [0.1, 0.15) is 42.5 Å². The van der Waals surface area contributed by atoms with E-state index in [1.165, 1.54) is 6.33 Å². The minimum atomic E-state index is -2.72. The van der Waals surface area contributed by atoms with Gasteiger partial charge in [0.25, 0.3) is 0 Å². The summed E-state index contributed by atoms with van der Waals surface area (Å²) in [5.74, 6) is 6.58. The van der Waals surface area contributed by atoms with Gasteiger partial charge in [0.05, 0.1) is 30.1 Å². The average molecular weight is 458 g/mol. The summed E-state index contributed by atoms with van der Waals surface area (Å²) in [5.41, 5.74) is 12.8. The Morgan fingerprint density at radius 1 is 1.52 bits per heavy atom. The van der Waals surface area contributed by atoms with Crippen LogP contribution >= 0.6 is 29.8 Å². The fraction of sp³-hybridized carbons (Fsp3) is 0.500. The van der Waals surface area contributed by atoms with Gasteiger partial charge in [-0.15, -0.1) is 9.42 Å². The first kappa shape index (κ1) is 22.3. The molecule has 1 aliphatic heterocycles. The third-order valence-electron chi connectivity index (χ3n) is 4.32. The normalized spacial score (nSPS) is 21.9. The standard InChI is InChI=1S/C16H20N5O5PS2/c1-28-29-9-25-14-11(6-24-12(14)7-26-27(22)23)21-5-10(3-2-4-17)13-15(18)19-8-20-16(13)21/h5,8,11-12,14H,4,6-7,9,17H2,1H3,(H2-,18,19,20,22,23)/p+1. The summed E-state index contributed by atoms with van der Waals surface area (Å²) in [4.78, 5) is 17.4. The van der Waals surface area contributed by atoms with Crippen LogP contribution in [0.25, 0.3) is 11.0 Å². The van der Waals surface area contributed by atoms with Gasteiger partial charge >= 0.3 is 8.25 Å². The van der Waals surface area contributed by atoms with Crippen LogP contribution in [0.1, 0.15) is 11.6 Å². The van der Waals surface area contributed by atoms with Crippen molar-refractivity contribution in [3.8, 4) is 11.8 Å². The number of anilines is 1. The molecule has 1 saturated heterocycles. The Balaban J connectivity index is 1.97. The van der Waals surface area contributed by atoms with Crippen LogP contribution in [0, 0.1) is 11.8 Å². The van der Waals surface area contributed by atoms with Crippen LogP contribution in [0.3, 0.4) is 0 Å². The van der Waals surface area contributed by atoms with Crippen molar-refractivity contribution in [1.82, 2.24) is 14.5 Å². The summed E-state index contributed by atoms with van der Waals surface area (Å²) < 4.78 is 29.6. The molecule has 4 unspecified atom stereocenters. The predicted molar refractivity (Wildman–Crippen MR) is 113 cm³/mol. The van der Waals surface area contributed by atoms with Gasteiger partial charge in [-0.2, -0.15) is 0 Å². The molecule has 10 nitrogen and oxygen atoms in total. The number of ether oxygens (including phenoxy) is 2. The number of aromatic nitrogens is 3. The van der Waals surface area contributed by atoms with Crippen molar-refractivity contribution in [2.24, 2.45) is 5.73 Å². The van der Waals surface area contributed by atoms with E-state index in [4.69, 9.17) is 30.4 Å². The van der Waals surface area contributed by atoms with E-state index in [0.717, 1.165) is 0 Å². The van der Waals surface area contributed by atoms with Gasteiger partial charge in [-0.3, -0.25) is 0 Å². The summed E-state index contributed by atoms with van der Waals surface area (Å²) in [6.07, 6.45) is 4.24. The minimum Gasteiger partial charge on any atom is -0.383 e. The fourth-order valence-corrected chi connectivity index (χ4v) is 4.19. The minimum absolute atomic E-state index is 0.0625. The molecule has 4 atom stereocenters. The topological polar surface area (TPSA) is 148 Å².